The van der Waals surface area contributed by atoms with Crippen LogP contribution < -0.4 is 5.32 Å². The number of aromatic nitrogens is 1. The Labute approximate surface area is 164 Å². The van der Waals surface area contributed by atoms with Crippen LogP contribution in [-0.4, -0.2) is 11.1 Å². The summed E-state index contributed by atoms with van der Waals surface area (Å²) in [5.41, 5.74) is 1.27. The smallest absolute Gasteiger partial charge is 0.408 e. The molecular weight excluding hydrogens is 381 g/mol. The van der Waals surface area contributed by atoms with Crippen LogP contribution in [0.5, 0.6) is 0 Å². The zero-order chi connectivity index (χ0) is 20.4. The van der Waals surface area contributed by atoms with E-state index in [1.807, 2.05) is 30.3 Å². The van der Waals surface area contributed by atoms with E-state index in [-0.39, 0.29) is 0 Å². The van der Waals surface area contributed by atoms with Crippen molar-refractivity contribution in [1.29, 1.82) is 0 Å². The highest BCUT2D eigenvalue weighted by molar-refractivity contribution is 5.71. The third-order valence-electron chi connectivity index (χ3n) is 4.38. The van der Waals surface area contributed by atoms with E-state index in [1.165, 1.54) is 12.4 Å². The number of carbonyl (C=O) groups excluding carboxylic acids is 1. The number of carbonyl (C=O) groups is 1. The van der Waals surface area contributed by atoms with Crippen LogP contribution in [0.15, 0.2) is 60.9 Å². The maximum atomic E-state index is 14.2. The second-order valence-electron chi connectivity index (χ2n) is 6.35. The molecule has 0 spiro atoms. The molecule has 1 fully saturated rings. The molecule has 2 atom stereocenters. The first-order valence-corrected chi connectivity index (χ1v) is 8.65. The summed E-state index contributed by atoms with van der Waals surface area (Å²) in [6.45, 7) is 0. The average molecular weight is 394 g/mol. The Balaban J connectivity index is 1.69. The van der Waals surface area contributed by atoms with Gasteiger partial charge in [-0.05, 0) is 23.8 Å². The lowest BCUT2D eigenvalue weighted by Gasteiger charge is -2.18. The Bertz CT molecular complexity index is 1120. The molecule has 29 heavy (non-hydrogen) atoms. The fraction of sp³-hybridized carbons (Fsp3) is 0.0909. The van der Waals surface area contributed by atoms with Gasteiger partial charge in [0, 0.05) is 35.7 Å². The molecule has 0 aliphatic carbocycles. The highest BCUT2D eigenvalue weighted by Crippen LogP contribution is 2.39. The third kappa shape index (κ3) is 3.92. The van der Waals surface area contributed by atoms with E-state index >= 15 is 0 Å². The van der Waals surface area contributed by atoms with E-state index in [9.17, 15) is 18.0 Å². The molecule has 0 saturated carbocycles. The second-order valence-corrected chi connectivity index (χ2v) is 6.35. The van der Waals surface area contributed by atoms with Crippen molar-refractivity contribution in [1.82, 2.24) is 10.3 Å². The van der Waals surface area contributed by atoms with Crippen LogP contribution >= 0.6 is 0 Å². The Kier molecular flexibility index (Phi) is 4.92. The van der Waals surface area contributed by atoms with Gasteiger partial charge in [0.2, 0.25) is 0 Å². The van der Waals surface area contributed by atoms with Crippen molar-refractivity contribution in [3.05, 3.63) is 101 Å². The van der Waals surface area contributed by atoms with E-state index in [4.69, 9.17) is 4.74 Å². The number of halogens is 3. The summed E-state index contributed by atoms with van der Waals surface area (Å²) in [5, 5.41) is 2.51. The van der Waals surface area contributed by atoms with Gasteiger partial charge in [-0.1, -0.05) is 30.0 Å². The van der Waals surface area contributed by atoms with E-state index in [0.717, 1.165) is 5.56 Å². The molecule has 1 aliphatic rings. The zero-order valence-electron chi connectivity index (χ0n) is 14.8. The number of hydrogen-bond acceptors (Lipinski definition) is 3. The van der Waals surface area contributed by atoms with Gasteiger partial charge in [0.15, 0.2) is 6.10 Å². The number of ether oxygens (including phenoxy) is 1. The maximum Gasteiger partial charge on any atom is 0.408 e. The van der Waals surface area contributed by atoms with Crippen LogP contribution in [0.1, 0.15) is 34.4 Å². The van der Waals surface area contributed by atoms with Crippen LogP contribution in [0.3, 0.4) is 0 Å². The number of pyridine rings is 1. The fourth-order valence-electron chi connectivity index (χ4n) is 3.09. The SMILES string of the molecule is O=C1NC(c2cncc(C#Cc3ccccc3)c2)C(c2c(F)cc(F)cc2F)O1. The van der Waals surface area contributed by atoms with Gasteiger partial charge >= 0.3 is 6.09 Å². The molecular formula is C22H13F3N2O2. The first kappa shape index (κ1) is 18.6. The molecule has 4 rings (SSSR count). The van der Waals surface area contributed by atoms with Crippen LogP contribution in [0.2, 0.25) is 0 Å². The van der Waals surface area contributed by atoms with Crippen molar-refractivity contribution >= 4 is 6.09 Å². The average Bonchev–Trinajstić information content (AvgIpc) is 3.08. The predicted molar refractivity (Wildman–Crippen MR) is 98.1 cm³/mol. The molecule has 3 aromatic rings. The molecule has 2 unspecified atom stereocenters. The third-order valence-corrected chi connectivity index (χ3v) is 4.38. The maximum absolute atomic E-state index is 14.2. The monoisotopic (exact) mass is 394 g/mol. The summed E-state index contributed by atoms with van der Waals surface area (Å²) >= 11 is 0. The second kappa shape index (κ2) is 7.68. The summed E-state index contributed by atoms with van der Waals surface area (Å²) in [7, 11) is 0. The van der Waals surface area contributed by atoms with Crippen LogP contribution in [0.25, 0.3) is 0 Å². The molecule has 7 heteroatoms. The lowest BCUT2D eigenvalue weighted by Crippen LogP contribution is -2.20. The van der Waals surface area contributed by atoms with Crippen molar-refractivity contribution < 1.29 is 22.7 Å². The van der Waals surface area contributed by atoms with Gasteiger partial charge in [-0.15, -0.1) is 0 Å². The molecule has 4 nitrogen and oxygen atoms in total. The first-order chi connectivity index (χ1) is 14.0. The van der Waals surface area contributed by atoms with Gasteiger partial charge in [-0.2, -0.15) is 0 Å². The molecule has 2 heterocycles. The first-order valence-electron chi connectivity index (χ1n) is 8.65. The van der Waals surface area contributed by atoms with E-state index < -0.39 is 41.3 Å². The number of hydrogen-bond donors (Lipinski definition) is 1. The van der Waals surface area contributed by atoms with Crippen LogP contribution in [0.4, 0.5) is 18.0 Å². The number of cyclic esters (lactones) is 1. The standard InChI is InChI=1S/C22H13F3N2O2/c23-16-9-17(24)19(18(25)10-16)21-20(27-22(28)29-21)15-8-14(11-26-12-15)7-6-13-4-2-1-3-5-13/h1-5,8-12,20-21H,(H,27,28). The number of benzene rings is 2. The van der Waals surface area contributed by atoms with Gasteiger partial charge in [0.05, 0.1) is 5.56 Å². The Hall–Kier alpha value is -3.79. The summed E-state index contributed by atoms with van der Waals surface area (Å²) in [6.07, 6.45) is 0.816. The van der Waals surface area contributed by atoms with Crippen molar-refractivity contribution in [2.75, 3.05) is 0 Å². The van der Waals surface area contributed by atoms with Crippen molar-refractivity contribution in [2.24, 2.45) is 0 Å². The van der Waals surface area contributed by atoms with Gasteiger partial charge in [0.1, 0.15) is 23.5 Å². The van der Waals surface area contributed by atoms with Gasteiger partial charge in [0.25, 0.3) is 0 Å². The summed E-state index contributed by atoms with van der Waals surface area (Å²) < 4.78 is 46.8. The van der Waals surface area contributed by atoms with Crippen LogP contribution in [0, 0.1) is 29.3 Å². The molecule has 1 aromatic heterocycles. The molecule has 1 aliphatic heterocycles. The number of amides is 1. The zero-order valence-corrected chi connectivity index (χ0v) is 14.8. The van der Waals surface area contributed by atoms with E-state index in [1.54, 1.807) is 6.07 Å². The van der Waals surface area contributed by atoms with E-state index in [2.05, 4.69) is 22.1 Å². The molecule has 1 amide bonds. The van der Waals surface area contributed by atoms with Gasteiger partial charge in [-0.3, -0.25) is 4.98 Å². The summed E-state index contributed by atoms with van der Waals surface area (Å²) in [6, 6.07) is 11.1. The summed E-state index contributed by atoms with van der Waals surface area (Å²) in [4.78, 5) is 15.9. The lowest BCUT2D eigenvalue weighted by molar-refractivity contribution is 0.127. The minimum Gasteiger partial charge on any atom is -0.439 e. The highest BCUT2D eigenvalue weighted by Gasteiger charge is 2.40. The molecule has 1 saturated heterocycles. The summed E-state index contributed by atoms with van der Waals surface area (Å²) in [5.74, 6) is 2.61. The number of nitrogens with one attached hydrogen (secondary N) is 1. The fourth-order valence-corrected chi connectivity index (χ4v) is 3.09. The minimum atomic E-state index is -1.32. The molecule has 0 radical (unpaired) electrons. The number of rotatable bonds is 2. The normalized spacial score (nSPS) is 17.8. The van der Waals surface area contributed by atoms with E-state index in [0.29, 0.717) is 23.3 Å². The molecule has 0 bridgehead atoms. The Morgan fingerprint density at radius 3 is 2.34 bits per heavy atom. The van der Waals surface area contributed by atoms with Crippen LogP contribution in [-0.2, 0) is 4.74 Å². The number of nitrogens with zero attached hydrogens (tertiary/aromatic N) is 1. The molecule has 2 aromatic carbocycles. The Morgan fingerprint density at radius 2 is 1.62 bits per heavy atom. The predicted octanol–water partition coefficient (Wildman–Crippen LogP) is 4.42. The highest BCUT2D eigenvalue weighted by atomic mass is 19.1. The van der Waals surface area contributed by atoms with Crippen molar-refractivity contribution in [3.8, 4) is 11.8 Å². The lowest BCUT2D eigenvalue weighted by atomic mass is 9.96. The molecule has 144 valence electrons. The van der Waals surface area contributed by atoms with Gasteiger partial charge in [-0.25, -0.2) is 18.0 Å². The number of alkyl carbamates (subject to hydrolysis) is 1. The largest absolute Gasteiger partial charge is 0.439 e. The topological polar surface area (TPSA) is 51.2 Å². The van der Waals surface area contributed by atoms with Gasteiger partial charge < -0.3 is 10.1 Å². The Morgan fingerprint density at radius 1 is 0.931 bits per heavy atom. The van der Waals surface area contributed by atoms with Crippen molar-refractivity contribution in [2.45, 2.75) is 12.1 Å². The molecule has 1 N–H and O–H groups in total. The van der Waals surface area contributed by atoms with Crippen molar-refractivity contribution in [3.63, 3.8) is 0 Å². The quantitative estimate of drug-likeness (QED) is 0.655. The minimum absolute atomic E-state index is 0.448.